The lowest BCUT2D eigenvalue weighted by Gasteiger charge is -2.32. The Hall–Kier alpha value is -2.62. The van der Waals surface area contributed by atoms with E-state index in [1.165, 1.54) is 5.56 Å². The van der Waals surface area contributed by atoms with Crippen molar-refractivity contribution in [1.29, 1.82) is 0 Å². The van der Waals surface area contributed by atoms with Gasteiger partial charge in [-0.3, -0.25) is 4.90 Å². The van der Waals surface area contributed by atoms with Crippen LogP contribution in [0.15, 0.2) is 78.9 Å². The summed E-state index contributed by atoms with van der Waals surface area (Å²) in [6.45, 7) is 10.6. The van der Waals surface area contributed by atoms with Crippen LogP contribution in [0.1, 0.15) is 62.3 Å². The molecule has 0 unspecified atom stereocenters. The highest BCUT2D eigenvalue weighted by Crippen LogP contribution is 2.36. The molecule has 0 aliphatic carbocycles. The molecule has 0 saturated carbocycles. The number of nitrogens with zero attached hydrogens (tertiary/aromatic N) is 1. The first-order valence-electron chi connectivity index (χ1n) is 11.7. The summed E-state index contributed by atoms with van der Waals surface area (Å²) in [5.74, 6) is 1.08. The molecule has 170 valence electrons. The maximum absolute atomic E-state index is 9.83. The van der Waals surface area contributed by atoms with E-state index in [0.717, 1.165) is 35.4 Å². The molecule has 3 aromatic carbocycles. The molecule has 3 heteroatoms. The molecule has 32 heavy (non-hydrogen) atoms. The molecule has 1 atom stereocenters. The maximum Gasteiger partial charge on any atom is 0.123 e. The fourth-order valence-corrected chi connectivity index (χ4v) is 4.41. The predicted octanol–water partition coefficient (Wildman–Crippen LogP) is 6.40. The summed E-state index contributed by atoms with van der Waals surface area (Å²) in [4.78, 5) is 2.54. The van der Waals surface area contributed by atoms with E-state index in [1.54, 1.807) is 0 Å². The van der Waals surface area contributed by atoms with Gasteiger partial charge in [-0.25, -0.2) is 0 Å². The van der Waals surface area contributed by atoms with Gasteiger partial charge >= 0.3 is 0 Å². The molecule has 0 aliphatic rings. The van der Waals surface area contributed by atoms with Crippen LogP contribution in [-0.4, -0.2) is 28.6 Å². The van der Waals surface area contributed by atoms with Gasteiger partial charge in [0.25, 0.3) is 0 Å². The SMILES string of the molecule is CC(C)N(CC[C@@H](c1ccccc1)c1cc(CO)ccc1OCc1ccccc1)C(C)C. The first-order valence-corrected chi connectivity index (χ1v) is 11.7. The second-order valence-corrected chi connectivity index (χ2v) is 8.98. The lowest BCUT2D eigenvalue weighted by molar-refractivity contribution is 0.170. The Morgan fingerprint density at radius 2 is 1.41 bits per heavy atom. The Labute approximate surface area is 193 Å². The third kappa shape index (κ3) is 6.44. The smallest absolute Gasteiger partial charge is 0.123 e. The van der Waals surface area contributed by atoms with E-state index >= 15 is 0 Å². The highest BCUT2D eigenvalue weighted by atomic mass is 16.5. The Kier molecular flexibility index (Phi) is 8.90. The van der Waals surface area contributed by atoms with Crippen molar-refractivity contribution in [3.63, 3.8) is 0 Å². The number of aliphatic hydroxyl groups is 1. The van der Waals surface area contributed by atoms with Gasteiger partial charge in [-0.1, -0.05) is 66.7 Å². The zero-order valence-electron chi connectivity index (χ0n) is 19.9. The van der Waals surface area contributed by atoms with Gasteiger partial charge in [-0.05, 0) is 69.5 Å². The molecule has 0 bridgehead atoms. The molecule has 0 heterocycles. The van der Waals surface area contributed by atoms with Crippen LogP contribution in [0, 0.1) is 0 Å². The fourth-order valence-electron chi connectivity index (χ4n) is 4.41. The Balaban J connectivity index is 1.94. The molecule has 0 saturated heterocycles. The van der Waals surface area contributed by atoms with Crippen LogP contribution < -0.4 is 4.74 Å². The van der Waals surface area contributed by atoms with Gasteiger partial charge in [0.1, 0.15) is 12.4 Å². The molecular weight excluding hydrogens is 394 g/mol. The van der Waals surface area contributed by atoms with Gasteiger partial charge in [-0.15, -0.1) is 0 Å². The Morgan fingerprint density at radius 1 is 0.781 bits per heavy atom. The number of hydrogen-bond acceptors (Lipinski definition) is 3. The first-order chi connectivity index (χ1) is 15.5. The molecule has 3 nitrogen and oxygen atoms in total. The van der Waals surface area contributed by atoms with E-state index in [9.17, 15) is 5.11 Å². The first kappa shape index (κ1) is 24.0. The number of aliphatic hydroxyl groups excluding tert-OH is 1. The second kappa shape index (κ2) is 11.8. The summed E-state index contributed by atoms with van der Waals surface area (Å²) in [5.41, 5.74) is 4.48. The summed E-state index contributed by atoms with van der Waals surface area (Å²) >= 11 is 0. The maximum atomic E-state index is 9.83. The van der Waals surface area contributed by atoms with Gasteiger partial charge in [0.2, 0.25) is 0 Å². The standard InChI is InChI=1S/C29H37NO2/c1-22(2)30(23(3)4)18-17-27(26-13-9-6-10-14-26)28-19-25(20-31)15-16-29(28)32-21-24-11-7-5-8-12-24/h5-16,19,22-23,27,31H,17-18,20-21H2,1-4H3/t27-/m0/s1. The van der Waals surface area contributed by atoms with Crippen molar-refractivity contribution in [3.8, 4) is 5.75 Å². The van der Waals surface area contributed by atoms with Crippen LogP contribution in [0.4, 0.5) is 0 Å². The van der Waals surface area contributed by atoms with Crippen LogP contribution in [0.3, 0.4) is 0 Å². The average molecular weight is 432 g/mol. The summed E-state index contributed by atoms with van der Waals surface area (Å²) in [5, 5.41) is 9.83. The number of hydrogen-bond donors (Lipinski definition) is 1. The summed E-state index contributed by atoms with van der Waals surface area (Å²) in [7, 11) is 0. The topological polar surface area (TPSA) is 32.7 Å². The predicted molar refractivity (Wildman–Crippen MR) is 133 cm³/mol. The summed E-state index contributed by atoms with van der Waals surface area (Å²) < 4.78 is 6.33. The minimum atomic E-state index is 0.0254. The molecule has 0 aromatic heterocycles. The summed E-state index contributed by atoms with van der Waals surface area (Å²) in [6.07, 6.45) is 0.983. The molecule has 0 aliphatic heterocycles. The number of rotatable bonds is 11. The quantitative estimate of drug-likeness (QED) is 0.381. The van der Waals surface area contributed by atoms with Crippen LogP contribution in [0.2, 0.25) is 0 Å². The van der Waals surface area contributed by atoms with Crippen molar-refractivity contribution < 1.29 is 9.84 Å². The monoisotopic (exact) mass is 431 g/mol. The molecule has 0 radical (unpaired) electrons. The van der Waals surface area contributed by atoms with E-state index in [-0.39, 0.29) is 12.5 Å². The molecule has 0 fully saturated rings. The molecular formula is C29H37NO2. The molecule has 1 N–H and O–H groups in total. The highest BCUT2D eigenvalue weighted by molar-refractivity contribution is 5.44. The lowest BCUT2D eigenvalue weighted by atomic mass is 9.86. The number of ether oxygens (including phenoxy) is 1. The average Bonchev–Trinajstić information content (AvgIpc) is 2.81. The largest absolute Gasteiger partial charge is 0.489 e. The van der Waals surface area contributed by atoms with Crippen LogP contribution in [0.25, 0.3) is 0 Å². The third-order valence-corrected chi connectivity index (χ3v) is 6.07. The highest BCUT2D eigenvalue weighted by Gasteiger charge is 2.22. The number of benzene rings is 3. The fraction of sp³-hybridized carbons (Fsp3) is 0.379. The van der Waals surface area contributed by atoms with E-state index in [0.29, 0.717) is 18.7 Å². The summed E-state index contributed by atoms with van der Waals surface area (Å²) in [6, 6.07) is 28.0. The molecule has 0 spiro atoms. The minimum Gasteiger partial charge on any atom is -0.489 e. The van der Waals surface area contributed by atoms with E-state index in [2.05, 4.69) is 81.1 Å². The van der Waals surface area contributed by atoms with Gasteiger partial charge in [0, 0.05) is 23.6 Å². The van der Waals surface area contributed by atoms with Crippen LogP contribution in [0.5, 0.6) is 5.75 Å². The van der Waals surface area contributed by atoms with Gasteiger partial charge in [-0.2, -0.15) is 0 Å². The normalized spacial score (nSPS) is 12.5. The zero-order valence-corrected chi connectivity index (χ0v) is 19.9. The van der Waals surface area contributed by atoms with Gasteiger partial charge < -0.3 is 9.84 Å². The minimum absolute atomic E-state index is 0.0254. The van der Waals surface area contributed by atoms with E-state index < -0.39 is 0 Å². The Morgan fingerprint density at radius 3 is 2.00 bits per heavy atom. The van der Waals surface area contributed by atoms with Crippen molar-refractivity contribution >= 4 is 0 Å². The lowest BCUT2D eigenvalue weighted by Crippen LogP contribution is -2.38. The van der Waals surface area contributed by atoms with Crippen molar-refractivity contribution in [2.75, 3.05) is 6.54 Å². The van der Waals surface area contributed by atoms with Gasteiger partial charge in [0.15, 0.2) is 0 Å². The van der Waals surface area contributed by atoms with Crippen molar-refractivity contribution in [1.82, 2.24) is 4.90 Å². The van der Waals surface area contributed by atoms with Crippen molar-refractivity contribution in [3.05, 3.63) is 101 Å². The third-order valence-electron chi connectivity index (χ3n) is 6.07. The van der Waals surface area contributed by atoms with Crippen molar-refractivity contribution in [2.45, 2.75) is 65.3 Å². The van der Waals surface area contributed by atoms with Crippen LogP contribution in [-0.2, 0) is 13.2 Å². The Bertz CT molecular complexity index is 930. The van der Waals surface area contributed by atoms with Crippen LogP contribution >= 0.6 is 0 Å². The molecule has 3 aromatic rings. The van der Waals surface area contributed by atoms with E-state index in [1.807, 2.05) is 30.3 Å². The zero-order chi connectivity index (χ0) is 22.9. The van der Waals surface area contributed by atoms with Crippen molar-refractivity contribution in [2.24, 2.45) is 0 Å². The molecule has 0 amide bonds. The molecule has 3 rings (SSSR count). The second-order valence-electron chi connectivity index (χ2n) is 8.98. The van der Waals surface area contributed by atoms with E-state index in [4.69, 9.17) is 4.74 Å². The van der Waals surface area contributed by atoms with Gasteiger partial charge in [0.05, 0.1) is 6.61 Å².